The van der Waals surface area contributed by atoms with Gasteiger partial charge >= 0.3 is 0 Å². The summed E-state index contributed by atoms with van der Waals surface area (Å²) in [5.74, 6) is 3.21. The van der Waals surface area contributed by atoms with Crippen molar-refractivity contribution in [3.8, 4) is 0 Å². The van der Waals surface area contributed by atoms with E-state index in [1.54, 1.807) is 0 Å². The number of nitrogens with zero attached hydrogens (tertiary/aromatic N) is 1. The lowest BCUT2D eigenvalue weighted by Crippen LogP contribution is -2.63. The van der Waals surface area contributed by atoms with Gasteiger partial charge in [-0.2, -0.15) is 0 Å². The van der Waals surface area contributed by atoms with Gasteiger partial charge in [-0.15, -0.1) is 0 Å². The van der Waals surface area contributed by atoms with E-state index in [0.29, 0.717) is 5.54 Å². The molecule has 0 bridgehead atoms. The molecule has 0 aromatic carbocycles. The molecule has 19 heavy (non-hydrogen) atoms. The van der Waals surface area contributed by atoms with Crippen LogP contribution < -0.4 is 5.32 Å². The molecule has 2 heteroatoms. The Bertz CT molecular complexity index is 290. The van der Waals surface area contributed by atoms with E-state index in [1.165, 1.54) is 58.2 Å². The minimum atomic E-state index is 0.393. The summed E-state index contributed by atoms with van der Waals surface area (Å²) in [6, 6.07) is 0.728. The molecule has 1 atom stereocenters. The molecule has 0 spiro atoms. The van der Waals surface area contributed by atoms with Crippen LogP contribution in [0.15, 0.2) is 0 Å². The van der Waals surface area contributed by atoms with E-state index in [1.807, 2.05) is 0 Å². The number of rotatable bonds is 6. The summed E-state index contributed by atoms with van der Waals surface area (Å²) in [5, 5.41) is 3.83. The highest BCUT2D eigenvalue weighted by Crippen LogP contribution is 2.49. The molecule has 1 saturated heterocycles. The summed E-state index contributed by atoms with van der Waals surface area (Å²) >= 11 is 0. The van der Waals surface area contributed by atoms with Crippen molar-refractivity contribution in [2.75, 3.05) is 19.6 Å². The second-order valence-corrected chi connectivity index (χ2v) is 7.49. The maximum absolute atomic E-state index is 3.83. The molecule has 1 N–H and O–H groups in total. The van der Waals surface area contributed by atoms with Crippen LogP contribution in [0, 0.1) is 17.8 Å². The van der Waals surface area contributed by atoms with E-state index >= 15 is 0 Å². The quantitative estimate of drug-likeness (QED) is 0.792. The Morgan fingerprint density at radius 3 is 2.16 bits per heavy atom. The monoisotopic (exact) mass is 264 g/mol. The van der Waals surface area contributed by atoms with Crippen LogP contribution in [0.2, 0.25) is 0 Å². The van der Waals surface area contributed by atoms with Gasteiger partial charge in [0, 0.05) is 31.2 Å². The van der Waals surface area contributed by atoms with Gasteiger partial charge in [-0.3, -0.25) is 4.90 Å². The zero-order chi connectivity index (χ0) is 13.5. The molecular formula is C17H32N2. The van der Waals surface area contributed by atoms with Crippen LogP contribution in [-0.4, -0.2) is 36.1 Å². The first kappa shape index (κ1) is 13.9. The molecule has 2 nitrogen and oxygen atoms in total. The fraction of sp³-hybridized carbons (Fsp3) is 1.00. The Kier molecular flexibility index (Phi) is 3.92. The van der Waals surface area contributed by atoms with E-state index in [9.17, 15) is 0 Å². The third-order valence-electron chi connectivity index (χ3n) is 6.16. The van der Waals surface area contributed by atoms with Crippen molar-refractivity contribution in [2.24, 2.45) is 17.8 Å². The van der Waals surface area contributed by atoms with Gasteiger partial charge in [0.1, 0.15) is 0 Å². The molecular weight excluding hydrogens is 232 g/mol. The Labute approximate surface area is 119 Å². The minimum Gasteiger partial charge on any atom is -0.308 e. The molecule has 0 radical (unpaired) electrons. The Morgan fingerprint density at radius 1 is 1.11 bits per heavy atom. The van der Waals surface area contributed by atoms with Crippen LogP contribution in [0.4, 0.5) is 0 Å². The molecule has 2 aliphatic carbocycles. The Balaban J connectivity index is 1.63. The second kappa shape index (κ2) is 5.37. The zero-order valence-corrected chi connectivity index (χ0v) is 13.1. The van der Waals surface area contributed by atoms with Crippen molar-refractivity contribution in [3.05, 3.63) is 0 Å². The van der Waals surface area contributed by atoms with Crippen molar-refractivity contribution in [3.63, 3.8) is 0 Å². The van der Waals surface area contributed by atoms with Gasteiger partial charge in [0.25, 0.3) is 0 Å². The minimum absolute atomic E-state index is 0.393. The van der Waals surface area contributed by atoms with E-state index in [-0.39, 0.29) is 0 Å². The third kappa shape index (κ3) is 3.00. The molecule has 2 saturated carbocycles. The van der Waals surface area contributed by atoms with E-state index in [0.717, 1.165) is 23.8 Å². The summed E-state index contributed by atoms with van der Waals surface area (Å²) in [6.45, 7) is 11.0. The molecule has 110 valence electrons. The van der Waals surface area contributed by atoms with Crippen molar-refractivity contribution in [2.45, 2.75) is 70.9 Å². The molecule has 1 heterocycles. The average molecular weight is 264 g/mol. The van der Waals surface area contributed by atoms with Crippen LogP contribution in [-0.2, 0) is 0 Å². The maximum atomic E-state index is 3.83. The van der Waals surface area contributed by atoms with Gasteiger partial charge in [0.2, 0.25) is 0 Å². The van der Waals surface area contributed by atoms with Crippen LogP contribution in [0.25, 0.3) is 0 Å². The van der Waals surface area contributed by atoms with Crippen LogP contribution in [0.5, 0.6) is 0 Å². The first-order valence-electron chi connectivity index (χ1n) is 8.66. The lowest BCUT2D eigenvalue weighted by Gasteiger charge is -2.47. The number of hydrogen-bond donors (Lipinski definition) is 1. The number of nitrogens with one attached hydrogen (secondary N) is 1. The van der Waals surface area contributed by atoms with Crippen molar-refractivity contribution in [1.82, 2.24) is 10.2 Å². The number of piperazine rings is 1. The van der Waals surface area contributed by atoms with Gasteiger partial charge in [0.15, 0.2) is 0 Å². The van der Waals surface area contributed by atoms with Crippen molar-refractivity contribution in [1.29, 1.82) is 0 Å². The molecule has 3 aliphatic rings. The van der Waals surface area contributed by atoms with Crippen molar-refractivity contribution < 1.29 is 0 Å². The Hall–Kier alpha value is -0.0800. The highest BCUT2D eigenvalue weighted by Gasteiger charge is 2.44. The highest BCUT2D eigenvalue weighted by atomic mass is 15.3. The summed E-state index contributed by atoms with van der Waals surface area (Å²) in [4.78, 5) is 2.82. The summed E-state index contributed by atoms with van der Waals surface area (Å²) < 4.78 is 0. The molecule has 0 aromatic heterocycles. The zero-order valence-electron chi connectivity index (χ0n) is 13.1. The smallest absolute Gasteiger partial charge is 0.0304 e. The van der Waals surface area contributed by atoms with E-state index in [2.05, 4.69) is 31.0 Å². The lowest BCUT2D eigenvalue weighted by atomic mass is 9.87. The fourth-order valence-electron chi connectivity index (χ4n) is 4.06. The highest BCUT2D eigenvalue weighted by molar-refractivity contribution is 4.99. The molecule has 1 aliphatic heterocycles. The lowest BCUT2D eigenvalue weighted by molar-refractivity contribution is 0.0599. The summed E-state index contributed by atoms with van der Waals surface area (Å²) in [6.07, 6.45) is 8.62. The van der Waals surface area contributed by atoms with Crippen molar-refractivity contribution >= 4 is 0 Å². The first-order chi connectivity index (χ1) is 9.17. The van der Waals surface area contributed by atoms with E-state index < -0.39 is 0 Å². The summed E-state index contributed by atoms with van der Waals surface area (Å²) in [7, 11) is 0. The van der Waals surface area contributed by atoms with Gasteiger partial charge in [0.05, 0.1) is 0 Å². The van der Waals surface area contributed by atoms with Gasteiger partial charge in [-0.25, -0.2) is 0 Å². The largest absolute Gasteiger partial charge is 0.308 e. The molecule has 0 amide bonds. The van der Waals surface area contributed by atoms with E-state index in [4.69, 9.17) is 0 Å². The SMILES string of the molecule is CCC1(CC)CN(CC(C2CC2)C2CC2)C(C)CN1. The standard InChI is InChI=1S/C17H32N2/c1-4-17(5-2)12-19(13(3)10-18-17)11-16(14-6-7-14)15-8-9-15/h13-16,18H,4-12H2,1-3H3. The van der Waals surface area contributed by atoms with Gasteiger partial charge in [-0.05, 0) is 63.2 Å². The fourth-order valence-corrected chi connectivity index (χ4v) is 4.06. The number of hydrogen-bond acceptors (Lipinski definition) is 2. The predicted octanol–water partition coefficient (Wildman–Crippen LogP) is 3.28. The predicted molar refractivity (Wildman–Crippen MR) is 81.3 cm³/mol. The average Bonchev–Trinajstić information content (AvgIpc) is 3.30. The summed E-state index contributed by atoms with van der Waals surface area (Å²) in [5.41, 5.74) is 0.393. The Morgan fingerprint density at radius 2 is 1.68 bits per heavy atom. The molecule has 1 unspecified atom stereocenters. The van der Waals surface area contributed by atoms with Crippen LogP contribution >= 0.6 is 0 Å². The van der Waals surface area contributed by atoms with Crippen LogP contribution in [0.3, 0.4) is 0 Å². The normalized spacial score (nSPS) is 31.9. The van der Waals surface area contributed by atoms with Crippen LogP contribution in [0.1, 0.15) is 59.3 Å². The maximum Gasteiger partial charge on any atom is 0.0304 e. The molecule has 0 aromatic rings. The molecule has 3 rings (SSSR count). The second-order valence-electron chi connectivity index (χ2n) is 7.49. The van der Waals surface area contributed by atoms with Gasteiger partial charge in [-0.1, -0.05) is 13.8 Å². The topological polar surface area (TPSA) is 15.3 Å². The molecule has 3 fully saturated rings. The van der Waals surface area contributed by atoms with Gasteiger partial charge < -0.3 is 5.32 Å². The third-order valence-corrected chi connectivity index (χ3v) is 6.16. The first-order valence-corrected chi connectivity index (χ1v) is 8.66.